The van der Waals surface area contributed by atoms with Gasteiger partial charge in [-0.05, 0) is 30.3 Å². The number of hydrogen-bond acceptors (Lipinski definition) is 4. The zero-order valence-corrected chi connectivity index (χ0v) is 13.2. The number of pyridine rings is 1. The first-order valence-corrected chi connectivity index (χ1v) is 7.70. The molecule has 130 valence electrons. The minimum atomic E-state index is -4.59. The third-order valence-corrected chi connectivity index (χ3v) is 3.79. The van der Waals surface area contributed by atoms with Gasteiger partial charge in [0.25, 0.3) is 0 Å². The molecular weight excluding hydrogens is 343 g/mol. The summed E-state index contributed by atoms with van der Waals surface area (Å²) in [5.74, 6) is 0.0107. The summed E-state index contributed by atoms with van der Waals surface area (Å²) >= 11 is 0. The Balaban J connectivity index is 1.81. The third-order valence-electron chi connectivity index (χ3n) is 3.79. The summed E-state index contributed by atoms with van der Waals surface area (Å²) in [6, 6.07) is 11.4. The molecule has 3 aromatic heterocycles. The van der Waals surface area contributed by atoms with Crippen molar-refractivity contribution in [1.29, 1.82) is 0 Å². The summed E-state index contributed by atoms with van der Waals surface area (Å²) in [7, 11) is 0. The molecule has 26 heavy (non-hydrogen) atoms. The topological polar surface area (TPSA) is 66.5 Å². The van der Waals surface area contributed by atoms with E-state index in [-0.39, 0.29) is 11.6 Å². The van der Waals surface area contributed by atoms with E-state index in [1.807, 2.05) is 12.1 Å². The molecule has 3 heterocycles. The Hall–Kier alpha value is -3.42. The minimum absolute atomic E-state index is 0.0448. The van der Waals surface area contributed by atoms with Gasteiger partial charge in [-0.1, -0.05) is 6.07 Å². The van der Waals surface area contributed by atoms with Gasteiger partial charge in [0.2, 0.25) is 0 Å². The van der Waals surface area contributed by atoms with Crippen molar-refractivity contribution < 1.29 is 13.2 Å². The van der Waals surface area contributed by atoms with Crippen LogP contribution in [0.3, 0.4) is 0 Å². The molecule has 0 saturated heterocycles. The number of benzene rings is 1. The summed E-state index contributed by atoms with van der Waals surface area (Å²) in [6.07, 6.45) is 0.128. The molecule has 2 N–H and O–H groups in total. The number of H-pyrrole nitrogens is 1. The monoisotopic (exact) mass is 355 g/mol. The Morgan fingerprint density at radius 3 is 2.65 bits per heavy atom. The smallest absolute Gasteiger partial charge is 0.361 e. The maximum atomic E-state index is 13.3. The zero-order chi connectivity index (χ0) is 18.1. The van der Waals surface area contributed by atoms with Crippen LogP contribution in [0.5, 0.6) is 0 Å². The van der Waals surface area contributed by atoms with Gasteiger partial charge in [0.15, 0.2) is 11.5 Å². The minimum Gasteiger partial charge on any atom is -0.361 e. The van der Waals surface area contributed by atoms with Crippen molar-refractivity contribution in [2.75, 3.05) is 5.32 Å². The lowest BCUT2D eigenvalue weighted by Gasteiger charge is -2.12. The number of nitrogens with one attached hydrogen (secondary N) is 2. The van der Waals surface area contributed by atoms with E-state index < -0.39 is 11.9 Å². The fraction of sp³-hybridized carbons (Fsp3) is 0.0556. The van der Waals surface area contributed by atoms with E-state index >= 15 is 0 Å². The molecule has 0 aliphatic carbocycles. The Labute approximate surface area is 146 Å². The zero-order valence-electron chi connectivity index (χ0n) is 13.2. The van der Waals surface area contributed by atoms with Gasteiger partial charge < -0.3 is 10.3 Å². The van der Waals surface area contributed by atoms with Crippen molar-refractivity contribution in [1.82, 2.24) is 19.9 Å². The molecule has 0 bridgehead atoms. The number of halogens is 3. The van der Waals surface area contributed by atoms with Crippen molar-refractivity contribution in [3.8, 4) is 11.4 Å². The van der Waals surface area contributed by atoms with Crippen LogP contribution in [0.2, 0.25) is 0 Å². The molecule has 0 radical (unpaired) electrons. The lowest BCUT2D eigenvalue weighted by atomic mass is 10.2. The van der Waals surface area contributed by atoms with Crippen molar-refractivity contribution >= 4 is 22.4 Å². The van der Waals surface area contributed by atoms with Crippen molar-refractivity contribution in [3.05, 3.63) is 66.7 Å². The molecular formula is C18H12F3N5. The second kappa shape index (κ2) is 6.14. The highest BCUT2D eigenvalue weighted by molar-refractivity contribution is 5.93. The van der Waals surface area contributed by atoms with Gasteiger partial charge in [0.1, 0.15) is 5.82 Å². The molecule has 4 aromatic rings. The maximum Gasteiger partial charge on any atom is 0.433 e. The lowest BCUT2D eigenvalue weighted by molar-refractivity contribution is -0.141. The molecule has 0 aliphatic rings. The van der Waals surface area contributed by atoms with Gasteiger partial charge in [-0.2, -0.15) is 13.2 Å². The first-order chi connectivity index (χ1) is 12.5. The van der Waals surface area contributed by atoms with Crippen LogP contribution in [0.1, 0.15) is 5.69 Å². The van der Waals surface area contributed by atoms with E-state index in [1.54, 1.807) is 30.5 Å². The number of fused-ring (bicyclic) bond motifs is 1. The predicted octanol–water partition coefficient (Wildman–Crippen LogP) is 4.78. The second-order valence-electron chi connectivity index (χ2n) is 5.57. The first-order valence-electron chi connectivity index (χ1n) is 7.70. The van der Waals surface area contributed by atoms with Crippen LogP contribution in [0, 0.1) is 0 Å². The fourth-order valence-corrected chi connectivity index (χ4v) is 2.61. The van der Waals surface area contributed by atoms with Gasteiger partial charge in [-0.3, -0.25) is 4.98 Å². The molecule has 0 atom stereocenters. The van der Waals surface area contributed by atoms with Crippen molar-refractivity contribution in [3.63, 3.8) is 0 Å². The van der Waals surface area contributed by atoms with Crippen LogP contribution in [-0.4, -0.2) is 19.9 Å². The van der Waals surface area contributed by atoms with Crippen LogP contribution in [0.15, 0.2) is 61.1 Å². The van der Waals surface area contributed by atoms with E-state index in [2.05, 4.69) is 25.3 Å². The van der Waals surface area contributed by atoms with Crippen LogP contribution in [-0.2, 0) is 6.18 Å². The number of aromatic nitrogens is 4. The standard InChI is InChI=1S/C18H12F3N5/c19-18(20,21)15-9-16(26-17(25-15)11-3-2-7-22-10-11)24-14-5-1-4-13-12(14)6-8-23-13/h1-10,23H,(H,24,25,26). The molecule has 1 aromatic carbocycles. The third kappa shape index (κ3) is 3.08. The molecule has 5 nitrogen and oxygen atoms in total. The van der Waals surface area contributed by atoms with Gasteiger partial charge in [-0.15, -0.1) is 0 Å². The summed E-state index contributed by atoms with van der Waals surface area (Å²) in [6.45, 7) is 0. The second-order valence-corrected chi connectivity index (χ2v) is 5.57. The van der Waals surface area contributed by atoms with Crippen molar-refractivity contribution in [2.45, 2.75) is 6.18 Å². The summed E-state index contributed by atoms with van der Waals surface area (Å²) in [5.41, 5.74) is 0.900. The summed E-state index contributed by atoms with van der Waals surface area (Å²) < 4.78 is 39.8. The average Bonchev–Trinajstić information content (AvgIpc) is 3.11. The van der Waals surface area contributed by atoms with E-state index in [4.69, 9.17) is 0 Å². The molecule has 0 spiro atoms. The number of alkyl halides is 3. The average molecular weight is 355 g/mol. The number of rotatable bonds is 3. The molecule has 4 rings (SSSR count). The largest absolute Gasteiger partial charge is 0.433 e. The van der Waals surface area contributed by atoms with Crippen LogP contribution in [0.25, 0.3) is 22.3 Å². The van der Waals surface area contributed by atoms with E-state index in [0.29, 0.717) is 11.3 Å². The SMILES string of the molecule is FC(F)(F)c1cc(Nc2cccc3[nH]ccc23)nc(-c2cccnc2)n1. The number of anilines is 2. The Bertz CT molecular complexity index is 1060. The van der Waals surface area contributed by atoms with E-state index in [0.717, 1.165) is 17.0 Å². The predicted molar refractivity (Wildman–Crippen MR) is 91.8 cm³/mol. The quantitative estimate of drug-likeness (QED) is 0.555. The van der Waals surface area contributed by atoms with Crippen LogP contribution < -0.4 is 5.32 Å². The Kier molecular flexibility index (Phi) is 3.80. The van der Waals surface area contributed by atoms with Gasteiger partial charge in [0.05, 0.1) is 0 Å². The number of aromatic amines is 1. The van der Waals surface area contributed by atoms with E-state index in [9.17, 15) is 13.2 Å². The Morgan fingerprint density at radius 1 is 1.00 bits per heavy atom. The molecule has 0 amide bonds. The highest BCUT2D eigenvalue weighted by atomic mass is 19.4. The van der Waals surface area contributed by atoms with Gasteiger partial charge >= 0.3 is 6.18 Å². The van der Waals surface area contributed by atoms with Crippen molar-refractivity contribution in [2.24, 2.45) is 0 Å². The highest BCUT2D eigenvalue weighted by Gasteiger charge is 2.34. The summed E-state index contributed by atoms with van der Waals surface area (Å²) in [4.78, 5) is 14.9. The van der Waals surface area contributed by atoms with Crippen LogP contribution >= 0.6 is 0 Å². The maximum absolute atomic E-state index is 13.3. The summed E-state index contributed by atoms with van der Waals surface area (Å²) in [5, 5.41) is 3.81. The first kappa shape index (κ1) is 16.1. The fourth-order valence-electron chi connectivity index (χ4n) is 2.61. The molecule has 0 aliphatic heterocycles. The Morgan fingerprint density at radius 2 is 1.88 bits per heavy atom. The highest BCUT2D eigenvalue weighted by Crippen LogP contribution is 2.32. The van der Waals surface area contributed by atoms with Gasteiger partial charge in [-0.25, -0.2) is 9.97 Å². The molecule has 8 heteroatoms. The van der Waals surface area contributed by atoms with Crippen LogP contribution in [0.4, 0.5) is 24.7 Å². The molecule has 0 unspecified atom stereocenters. The molecule has 0 saturated carbocycles. The van der Waals surface area contributed by atoms with Gasteiger partial charge in [0, 0.05) is 46.8 Å². The number of hydrogen-bond donors (Lipinski definition) is 2. The normalized spacial score (nSPS) is 11.7. The lowest BCUT2D eigenvalue weighted by Crippen LogP contribution is -2.11. The molecule has 0 fully saturated rings. The number of nitrogens with zero attached hydrogens (tertiary/aromatic N) is 3. The van der Waals surface area contributed by atoms with E-state index in [1.165, 1.54) is 12.4 Å².